The third-order valence-electron chi connectivity index (χ3n) is 3.74. The van der Waals surface area contributed by atoms with Crippen LogP contribution >= 0.6 is 0 Å². The quantitative estimate of drug-likeness (QED) is 0.913. The Balaban J connectivity index is 1.56. The van der Waals surface area contributed by atoms with E-state index in [9.17, 15) is 0 Å². The van der Waals surface area contributed by atoms with Crippen molar-refractivity contribution in [2.75, 3.05) is 19.8 Å². The van der Waals surface area contributed by atoms with Gasteiger partial charge in [-0.3, -0.25) is 4.98 Å². The highest BCUT2D eigenvalue weighted by Gasteiger charge is 2.12. The summed E-state index contributed by atoms with van der Waals surface area (Å²) in [5, 5.41) is 4.72. The number of aromatic nitrogens is 1. The van der Waals surface area contributed by atoms with Crippen LogP contribution in [-0.2, 0) is 11.3 Å². The molecule has 1 fully saturated rings. The van der Waals surface area contributed by atoms with Crippen molar-refractivity contribution in [2.45, 2.75) is 19.4 Å². The summed E-state index contributed by atoms with van der Waals surface area (Å²) in [7, 11) is 0. The maximum Gasteiger partial charge on any atom is 0.0705 e. The second-order valence-electron chi connectivity index (χ2n) is 5.18. The molecule has 0 unspecified atom stereocenters. The zero-order valence-electron chi connectivity index (χ0n) is 11.1. The Kier molecular flexibility index (Phi) is 4.06. The minimum absolute atomic E-state index is 0.759. The molecule has 100 valence electrons. The van der Waals surface area contributed by atoms with Gasteiger partial charge in [-0.05, 0) is 37.4 Å². The molecule has 0 bridgehead atoms. The number of benzene rings is 1. The number of ether oxygens (including phenoxy) is 1. The summed E-state index contributed by atoms with van der Waals surface area (Å²) in [5.41, 5.74) is 2.19. The monoisotopic (exact) mass is 256 g/mol. The standard InChI is InChI=1S/C16H20N2O/c1-2-4-16-14(3-1)5-6-15(18-16)12-17-11-13-7-9-19-10-8-13/h1-6,13,17H,7-12H2. The molecule has 1 aromatic heterocycles. The van der Waals surface area contributed by atoms with Gasteiger partial charge in [-0.25, -0.2) is 0 Å². The minimum Gasteiger partial charge on any atom is -0.381 e. The molecule has 1 aliphatic rings. The van der Waals surface area contributed by atoms with Gasteiger partial charge in [0.05, 0.1) is 11.2 Å². The topological polar surface area (TPSA) is 34.2 Å². The predicted octanol–water partition coefficient (Wildman–Crippen LogP) is 2.75. The summed E-state index contributed by atoms with van der Waals surface area (Å²) < 4.78 is 5.37. The van der Waals surface area contributed by atoms with E-state index in [1.807, 2.05) is 12.1 Å². The average molecular weight is 256 g/mol. The fourth-order valence-electron chi connectivity index (χ4n) is 2.56. The molecular formula is C16H20N2O. The van der Waals surface area contributed by atoms with Gasteiger partial charge >= 0.3 is 0 Å². The number of para-hydroxylation sites is 1. The summed E-state index contributed by atoms with van der Waals surface area (Å²) >= 11 is 0. The van der Waals surface area contributed by atoms with E-state index in [0.717, 1.165) is 43.4 Å². The van der Waals surface area contributed by atoms with Gasteiger partial charge in [-0.1, -0.05) is 24.3 Å². The summed E-state index contributed by atoms with van der Waals surface area (Å²) in [5.74, 6) is 0.759. The second-order valence-corrected chi connectivity index (χ2v) is 5.18. The van der Waals surface area contributed by atoms with Crippen molar-refractivity contribution < 1.29 is 4.74 Å². The molecule has 0 spiro atoms. The lowest BCUT2D eigenvalue weighted by atomic mass is 10.0. The zero-order chi connectivity index (χ0) is 12.9. The van der Waals surface area contributed by atoms with Crippen LogP contribution in [0.3, 0.4) is 0 Å². The van der Waals surface area contributed by atoms with Crippen LogP contribution in [0.2, 0.25) is 0 Å². The molecule has 19 heavy (non-hydrogen) atoms. The van der Waals surface area contributed by atoms with E-state index in [0.29, 0.717) is 0 Å². The second kappa shape index (κ2) is 6.13. The highest BCUT2D eigenvalue weighted by atomic mass is 16.5. The van der Waals surface area contributed by atoms with Gasteiger partial charge in [0, 0.05) is 25.1 Å². The lowest BCUT2D eigenvalue weighted by molar-refractivity contribution is 0.0662. The summed E-state index contributed by atoms with van der Waals surface area (Å²) in [6.07, 6.45) is 2.36. The normalized spacial score (nSPS) is 16.8. The average Bonchev–Trinajstić information content (AvgIpc) is 2.48. The summed E-state index contributed by atoms with van der Waals surface area (Å²) in [6, 6.07) is 12.5. The first-order valence-corrected chi connectivity index (χ1v) is 7.05. The van der Waals surface area contributed by atoms with E-state index in [4.69, 9.17) is 4.74 Å². The van der Waals surface area contributed by atoms with Crippen LogP contribution in [0, 0.1) is 5.92 Å². The van der Waals surface area contributed by atoms with Crippen molar-refractivity contribution in [2.24, 2.45) is 5.92 Å². The lowest BCUT2D eigenvalue weighted by Crippen LogP contribution is -2.27. The number of pyridine rings is 1. The number of fused-ring (bicyclic) bond motifs is 1. The van der Waals surface area contributed by atoms with E-state index in [-0.39, 0.29) is 0 Å². The first-order chi connectivity index (χ1) is 9.42. The maximum atomic E-state index is 5.37. The van der Waals surface area contributed by atoms with Crippen LogP contribution < -0.4 is 5.32 Å². The Morgan fingerprint density at radius 1 is 1.11 bits per heavy atom. The molecule has 0 atom stereocenters. The van der Waals surface area contributed by atoms with Gasteiger partial charge in [0.2, 0.25) is 0 Å². The van der Waals surface area contributed by atoms with Crippen molar-refractivity contribution >= 4 is 10.9 Å². The van der Waals surface area contributed by atoms with E-state index >= 15 is 0 Å². The molecule has 3 rings (SSSR count). The lowest BCUT2D eigenvalue weighted by Gasteiger charge is -2.22. The number of hydrogen-bond acceptors (Lipinski definition) is 3. The van der Waals surface area contributed by atoms with Crippen molar-refractivity contribution in [3.8, 4) is 0 Å². The van der Waals surface area contributed by atoms with Gasteiger partial charge in [-0.2, -0.15) is 0 Å². The predicted molar refractivity (Wildman–Crippen MR) is 77.0 cm³/mol. The van der Waals surface area contributed by atoms with E-state index in [2.05, 4.69) is 34.6 Å². The molecule has 1 aliphatic heterocycles. The molecule has 3 heteroatoms. The smallest absolute Gasteiger partial charge is 0.0705 e. The first-order valence-electron chi connectivity index (χ1n) is 7.05. The molecule has 1 aromatic carbocycles. The fraction of sp³-hybridized carbons (Fsp3) is 0.438. The first kappa shape index (κ1) is 12.6. The van der Waals surface area contributed by atoms with Crippen LogP contribution in [0.4, 0.5) is 0 Å². The van der Waals surface area contributed by atoms with Crippen molar-refractivity contribution in [3.05, 3.63) is 42.1 Å². The van der Waals surface area contributed by atoms with Crippen molar-refractivity contribution in [1.82, 2.24) is 10.3 Å². The van der Waals surface area contributed by atoms with Crippen LogP contribution in [0.1, 0.15) is 18.5 Å². The van der Waals surface area contributed by atoms with Crippen LogP contribution in [0.15, 0.2) is 36.4 Å². The Hall–Kier alpha value is -1.45. The van der Waals surface area contributed by atoms with Gasteiger partial charge in [0.25, 0.3) is 0 Å². The van der Waals surface area contributed by atoms with Gasteiger partial charge in [0.15, 0.2) is 0 Å². The van der Waals surface area contributed by atoms with E-state index in [1.165, 1.54) is 18.2 Å². The SMILES string of the molecule is c1ccc2nc(CNCC3CCOCC3)ccc2c1. The molecule has 1 N–H and O–H groups in total. The molecule has 3 nitrogen and oxygen atoms in total. The largest absolute Gasteiger partial charge is 0.381 e. The molecule has 1 saturated heterocycles. The highest BCUT2D eigenvalue weighted by Crippen LogP contribution is 2.14. The number of hydrogen-bond donors (Lipinski definition) is 1. The Labute approximate surface area is 114 Å². The Bertz CT molecular complexity index is 535. The van der Waals surface area contributed by atoms with E-state index in [1.54, 1.807) is 0 Å². The van der Waals surface area contributed by atoms with Crippen molar-refractivity contribution in [1.29, 1.82) is 0 Å². The highest BCUT2D eigenvalue weighted by molar-refractivity contribution is 5.78. The zero-order valence-corrected chi connectivity index (χ0v) is 11.1. The molecule has 0 amide bonds. The van der Waals surface area contributed by atoms with Gasteiger partial charge in [-0.15, -0.1) is 0 Å². The summed E-state index contributed by atoms with van der Waals surface area (Å²) in [6.45, 7) is 3.75. The van der Waals surface area contributed by atoms with Crippen LogP contribution in [-0.4, -0.2) is 24.7 Å². The molecule has 2 heterocycles. The molecule has 2 aromatic rings. The third-order valence-corrected chi connectivity index (χ3v) is 3.74. The fourth-order valence-corrected chi connectivity index (χ4v) is 2.56. The Morgan fingerprint density at radius 3 is 2.84 bits per heavy atom. The van der Waals surface area contributed by atoms with Gasteiger partial charge < -0.3 is 10.1 Å². The van der Waals surface area contributed by atoms with Crippen LogP contribution in [0.25, 0.3) is 10.9 Å². The molecule has 0 aliphatic carbocycles. The summed E-state index contributed by atoms with van der Waals surface area (Å²) in [4.78, 5) is 4.67. The van der Waals surface area contributed by atoms with E-state index < -0.39 is 0 Å². The maximum absolute atomic E-state index is 5.37. The molecule has 0 saturated carbocycles. The molecular weight excluding hydrogens is 236 g/mol. The molecule has 0 radical (unpaired) electrons. The van der Waals surface area contributed by atoms with Crippen molar-refractivity contribution in [3.63, 3.8) is 0 Å². The number of nitrogens with one attached hydrogen (secondary N) is 1. The number of rotatable bonds is 4. The minimum atomic E-state index is 0.759. The van der Waals surface area contributed by atoms with Crippen LogP contribution in [0.5, 0.6) is 0 Å². The Morgan fingerprint density at radius 2 is 1.95 bits per heavy atom. The third kappa shape index (κ3) is 3.31. The van der Waals surface area contributed by atoms with Gasteiger partial charge in [0.1, 0.15) is 0 Å². The number of nitrogens with zero attached hydrogens (tertiary/aromatic N) is 1.